The van der Waals surface area contributed by atoms with Crippen LogP contribution in [0.25, 0.3) is 11.3 Å². The molecule has 0 unspecified atom stereocenters. The van der Waals surface area contributed by atoms with Gasteiger partial charge < -0.3 is 10.8 Å². The maximum atomic E-state index is 12.4. The normalized spacial score (nSPS) is 11.1. The molecule has 0 spiro atoms. The quantitative estimate of drug-likeness (QED) is 0.405. The summed E-state index contributed by atoms with van der Waals surface area (Å²) in [4.78, 5) is 12.6. The number of nitrogen functional groups attached to an aromatic ring is 1. The molecule has 1 heterocycles. The number of nitrogens with zero attached hydrogens (tertiary/aromatic N) is 2. The van der Waals surface area contributed by atoms with Crippen molar-refractivity contribution in [1.82, 2.24) is 9.80 Å². The van der Waals surface area contributed by atoms with Gasteiger partial charge in [-0.05, 0) is 72.4 Å². The zero-order valence-electron chi connectivity index (χ0n) is 15.0. The third-order valence-corrected chi connectivity index (χ3v) is 5.42. The summed E-state index contributed by atoms with van der Waals surface area (Å²) in [6.07, 6.45) is 1.49. The van der Waals surface area contributed by atoms with Crippen molar-refractivity contribution in [3.63, 3.8) is 0 Å². The number of anilines is 1. The van der Waals surface area contributed by atoms with Crippen molar-refractivity contribution in [2.45, 2.75) is 13.8 Å². The Balaban J connectivity index is 1.78. The molecule has 2 aromatic carbocycles. The maximum absolute atomic E-state index is 12.4. The number of aromatic hydroxyl groups is 1. The van der Waals surface area contributed by atoms with Gasteiger partial charge in [-0.2, -0.15) is 9.47 Å². The highest BCUT2D eigenvalue weighted by atomic mass is 35.5. The Morgan fingerprint density at radius 2 is 1.93 bits per heavy atom. The van der Waals surface area contributed by atoms with Crippen LogP contribution in [-0.4, -0.2) is 21.6 Å². The highest BCUT2D eigenvalue weighted by Gasteiger charge is 2.20. The molecular weight excluding hydrogens is 419 g/mol. The number of hydrogen-bond acceptors (Lipinski definition) is 6. The summed E-state index contributed by atoms with van der Waals surface area (Å²) in [5.41, 5.74) is 12.0. The molecule has 6 nitrogen and oxygen atoms in total. The van der Waals surface area contributed by atoms with Crippen LogP contribution in [0.4, 0.5) is 5.69 Å². The highest BCUT2D eigenvalue weighted by Crippen LogP contribution is 2.36. The minimum Gasteiger partial charge on any atom is -0.507 e. The number of phenolic OH excluding ortho intramolecular Hbond substituents is 1. The lowest BCUT2D eigenvalue weighted by molar-refractivity contribution is 0.0960. The van der Waals surface area contributed by atoms with Gasteiger partial charge in [-0.1, -0.05) is 23.2 Å². The minimum atomic E-state index is -0.477. The van der Waals surface area contributed by atoms with Gasteiger partial charge in [-0.25, -0.2) is 5.43 Å². The molecule has 4 N–H and O–H groups in total. The van der Waals surface area contributed by atoms with Crippen LogP contribution >= 0.6 is 34.7 Å². The summed E-state index contributed by atoms with van der Waals surface area (Å²) >= 11 is 13.1. The lowest BCUT2D eigenvalue weighted by atomic mass is 10.1. The van der Waals surface area contributed by atoms with Crippen molar-refractivity contribution in [3.8, 4) is 17.0 Å². The zero-order valence-corrected chi connectivity index (χ0v) is 17.3. The zero-order chi connectivity index (χ0) is 20.4. The molecule has 3 aromatic rings. The molecule has 3 rings (SSSR count). The first-order valence-electron chi connectivity index (χ1n) is 8.12. The Labute approximate surface area is 175 Å². The van der Waals surface area contributed by atoms with Crippen LogP contribution in [0, 0.1) is 13.8 Å². The smallest absolute Gasteiger partial charge is 0.285 e. The molecule has 0 fully saturated rings. The number of halogens is 2. The second-order valence-corrected chi connectivity index (χ2v) is 7.72. The number of aryl methyl sites for hydroxylation is 2. The number of rotatable bonds is 4. The molecule has 0 bridgehead atoms. The van der Waals surface area contributed by atoms with E-state index in [0.29, 0.717) is 21.3 Å². The van der Waals surface area contributed by atoms with E-state index in [2.05, 4.69) is 14.9 Å². The largest absolute Gasteiger partial charge is 0.507 e. The van der Waals surface area contributed by atoms with E-state index in [1.807, 2.05) is 0 Å². The van der Waals surface area contributed by atoms with Gasteiger partial charge in [0.2, 0.25) is 0 Å². The number of nitrogens with one attached hydrogen (secondary N) is 1. The molecular formula is C19H16Cl2N4O2S. The van der Waals surface area contributed by atoms with Crippen molar-refractivity contribution < 1.29 is 9.90 Å². The molecule has 28 heavy (non-hydrogen) atoms. The molecule has 0 saturated heterocycles. The standard InChI is InChI=1S/C19H16Cl2N4O2S/c1-9-5-11(6-10(2)17(9)26)8-23-24-19(27)18-15(22)16(25-28-18)13-4-3-12(20)7-14(13)21/h3-8,26H,22H2,1-2H3,(H,24,27). The minimum absolute atomic E-state index is 0.221. The molecule has 0 saturated carbocycles. The third-order valence-electron chi connectivity index (χ3n) is 4.01. The van der Waals surface area contributed by atoms with Crippen LogP contribution in [-0.2, 0) is 0 Å². The van der Waals surface area contributed by atoms with Crippen molar-refractivity contribution in [2.75, 3.05) is 5.73 Å². The number of aromatic nitrogens is 1. The predicted octanol–water partition coefficient (Wildman–Crippen LogP) is 4.79. The number of phenols is 1. The van der Waals surface area contributed by atoms with E-state index in [1.165, 1.54) is 6.21 Å². The van der Waals surface area contributed by atoms with E-state index in [0.717, 1.165) is 28.2 Å². The number of hydrogen-bond donors (Lipinski definition) is 3. The SMILES string of the molecule is Cc1cc(C=NNC(=O)c2snc(-c3ccc(Cl)cc3Cl)c2N)cc(C)c1O. The van der Waals surface area contributed by atoms with Gasteiger partial charge in [-0.15, -0.1) is 0 Å². The van der Waals surface area contributed by atoms with Crippen LogP contribution < -0.4 is 11.2 Å². The first-order valence-corrected chi connectivity index (χ1v) is 9.65. The molecule has 9 heteroatoms. The summed E-state index contributed by atoms with van der Waals surface area (Å²) in [5, 5.41) is 14.7. The number of amides is 1. The Kier molecular flexibility index (Phi) is 5.88. The van der Waals surface area contributed by atoms with Crippen molar-refractivity contribution in [1.29, 1.82) is 0 Å². The Bertz CT molecular complexity index is 1070. The summed E-state index contributed by atoms with van der Waals surface area (Å²) < 4.78 is 4.25. The molecule has 0 aliphatic rings. The predicted molar refractivity (Wildman–Crippen MR) is 115 cm³/mol. The Morgan fingerprint density at radius 1 is 1.25 bits per heavy atom. The van der Waals surface area contributed by atoms with Gasteiger partial charge in [0.15, 0.2) is 0 Å². The molecule has 1 aromatic heterocycles. The van der Waals surface area contributed by atoms with Crippen LogP contribution in [0.15, 0.2) is 35.4 Å². The fraction of sp³-hybridized carbons (Fsp3) is 0.105. The van der Waals surface area contributed by atoms with Gasteiger partial charge in [-0.3, -0.25) is 4.79 Å². The lowest BCUT2D eigenvalue weighted by Gasteiger charge is -2.05. The third kappa shape index (κ3) is 4.11. The van der Waals surface area contributed by atoms with Gasteiger partial charge in [0.05, 0.1) is 16.9 Å². The first-order chi connectivity index (χ1) is 13.3. The average Bonchev–Trinajstić information content (AvgIpc) is 3.01. The Hall–Kier alpha value is -2.61. The van der Waals surface area contributed by atoms with Crippen molar-refractivity contribution in [3.05, 3.63) is 61.9 Å². The van der Waals surface area contributed by atoms with E-state index in [4.69, 9.17) is 28.9 Å². The van der Waals surface area contributed by atoms with Gasteiger partial charge in [0.25, 0.3) is 5.91 Å². The van der Waals surface area contributed by atoms with Gasteiger partial charge in [0.1, 0.15) is 16.3 Å². The van der Waals surface area contributed by atoms with Crippen LogP contribution in [0.5, 0.6) is 5.75 Å². The molecule has 144 valence electrons. The summed E-state index contributed by atoms with van der Waals surface area (Å²) in [7, 11) is 0. The van der Waals surface area contributed by atoms with E-state index in [9.17, 15) is 9.90 Å². The van der Waals surface area contributed by atoms with E-state index >= 15 is 0 Å². The fourth-order valence-electron chi connectivity index (χ4n) is 2.62. The second kappa shape index (κ2) is 8.18. The maximum Gasteiger partial charge on any atom is 0.285 e. The number of nitrogens with two attached hydrogens (primary N) is 1. The summed E-state index contributed by atoms with van der Waals surface area (Å²) in [6.45, 7) is 3.58. The average molecular weight is 435 g/mol. The molecule has 1 amide bonds. The molecule has 0 aliphatic carbocycles. The highest BCUT2D eigenvalue weighted by molar-refractivity contribution is 7.09. The topological polar surface area (TPSA) is 101 Å². The monoisotopic (exact) mass is 434 g/mol. The van der Waals surface area contributed by atoms with Crippen LogP contribution in [0.3, 0.4) is 0 Å². The first kappa shape index (κ1) is 20.1. The second-order valence-electron chi connectivity index (χ2n) is 6.10. The van der Waals surface area contributed by atoms with Crippen LogP contribution in [0.2, 0.25) is 10.0 Å². The van der Waals surface area contributed by atoms with Gasteiger partial charge >= 0.3 is 0 Å². The number of carbonyl (C=O) groups excluding carboxylic acids is 1. The van der Waals surface area contributed by atoms with Gasteiger partial charge in [0, 0.05) is 10.6 Å². The van der Waals surface area contributed by atoms with Crippen molar-refractivity contribution in [2.24, 2.45) is 5.10 Å². The summed E-state index contributed by atoms with van der Waals surface area (Å²) in [5.74, 6) is -0.234. The van der Waals surface area contributed by atoms with E-state index < -0.39 is 5.91 Å². The molecule has 0 atom stereocenters. The number of hydrazone groups is 1. The fourth-order valence-corrected chi connectivity index (χ4v) is 3.82. The lowest BCUT2D eigenvalue weighted by Crippen LogP contribution is -2.17. The molecule has 0 aliphatic heterocycles. The van der Waals surface area contributed by atoms with E-state index in [-0.39, 0.29) is 16.3 Å². The Morgan fingerprint density at radius 3 is 2.57 bits per heavy atom. The number of carbonyl (C=O) groups is 1. The van der Waals surface area contributed by atoms with Crippen LogP contribution in [0.1, 0.15) is 26.4 Å². The van der Waals surface area contributed by atoms with E-state index in [1.54, 1.807) is 44.2 Å². The van der Waals surface area contributed by atoms with Crippen molar-refractivity contribution >= 4 is 52.5 Å². The molecule has 0 radical (unpaired) electrons. The number of benzene rings is 2. The summed E-state index contributed by atoms with van der Waals surface area (Å²) in [6, 6.07) is 8.49.